The third kappa shape index (κ3) is 4.28. The first-order valence-corrected chi connectivity index (χ1v) is 9.06. The zero-order valence-corrected chi connectivity index (χ0v) is 15.4. The van der Waals surface area contributed by atoms with Crippen LogP contribution in [0.5, 0.6) is 0 Å². The topological polar surface area (TPSA) is 50.2 Å². The number of hydrogen-bond donors (Lipinski definition) is 1. The first-order chi connectivity index (χ1) is 11.9. The van der Waals surface area contributed by atoms with Gasteiger partial charge in [0.25, 0.3) is 0 Å². The van der Waals surface area contributed by atoms with Crippen molar-refractivity contribution in [2.45, 2.75) is 51.7 Å². The third-order valence-corrected chi connectivity index (χ3v) is 4.63. The van der Waals surface area contributed by atoms with E-state index in [1.807, 2.05) is 46.1 Å². The van der Waals surface area contributed by atoms with Crippen LogP contribution < -0.4 is 5.32 Å². The maximum Gasteiger partial charge on any atom is 0.244 e. The van der Waals surface area contributed by atoms with Gasteiger partial charge >= 0.3 is 0 Å². The summed E-state index contributed by atoms with van der Waals surface area (Å²) in [6.45, 7) is 8.73. The van der Waals surface area contributed by atoms with Crippen LogP contribution in [0.3, 0.4) is 0 Å². The van der Waals surface area contributed by atoms with Gasteiger partial charge in [-0.2, -0.15) is 5.10 Å². The van der Waals surface area contributed by atoms with Gasteiger partial charge in [-0.05, 0) is 39.2 Å². The summed E-state index contributed by atoms with van der Waals surface area (Å²) in [7, 11) is 0. The van der Waals surface area contributed by atoms with Crippen LogP contribution in [-0.2, 0) is 16.9 Å². The van der Waals surface area contributed by atoms with Gasteiger partial charge in [0.1, 0.15) is 6.04 Å². The van der Waals surface area contributed by atoms with E-state index in [0.717, 1.165) is 37.1 Å². The summed E-state index contributed by atoms with van der Waals surface area (Å²) in [5.74, 6) is 0.173. The van der Waals surface area contributed by atoms with Gasteiger partial charge in [-0.1, -0.05) is 30.3 Å². The average Bonchev–Trinajstić information content (AvgIpc) is 3.27. The molecule has 1 aromatic carbocycles. The molecule has 134 valence electrons. The van der Waals surface area contributed by atoms with Gasteiger partial charge in [0.05, 0.1) is 11.7 Å². The van der Waals surface area contributed by atoms with Gasteiger partial charge in [-0.25, -0.2) is 0 Å². The number of rotatable bonds is 5. The lowest BCUT2D eigenvalue weighted by Gasteiger charge is -2.24. The van der Waals surface area contributed by atoms with Crippen molar-refractivity contribution < 1.29 is 4.79 Å². The summed E-state index contributed by atoms with van der Waals surface area (Å²) in [6, 6.07) is 9.68. The summed E-state index contributed by atoms with van der Waals surface area (Å²) < 4.78 is 1.96. The Hall–Kier alpha value is -2.14. The molecule has 0 unspecified atom stereocenters. The number of aromatic nitrogens is 2. The highest BCUT2D eigenvalue weighted by Crippen LogP contribution is 2.20. The van der Waals surface area contributed by atoms with Gasteiger partial charge in [0.2, 0.25) is 5.91 Å². The van der Waals surface area contributed by atoms with Crippen LogP contribution >= 0.6 is 0 Å². The minimum absolute atomic E-state index is 0.0392. The van der Waals surface area contributed by atoms with Crippen LogP contribution in [0.4, 0.5) is 0 Å². The molecule has 1 N–H and O–H groups in total. The molecule has 1 fully saturated rings. The third-order valence-electron chi connectivity index (χ3n) is 4.63. The molecule has 0 aliphatic carbocycles. The van der Waals surface area contributed by atoms with E-state index in [0.29, 0.717) is 6.54 Å². The van der Waals surface area contributed by atoms with Gasteiger partial charge in [-0.3, -0.25) is 14.8 Å². The Bertz CT molecular complexity index is 696. The van der Waals surface area contributed by atoms with Crippen molar-refractivity contribution in [2.75, 3.05) is 13.1 Å². The zero-order chi connectivity index (χ0) is 17.9. The number of amides is 1. The van der Waals surface area contributed by atoms with Crippen molar-refractivity contribution in [3.8, 4) is 0 Å². The van der Waals surface area contributed by atoms with Crippen molar-refractivity contribution in [1.82, 2.24) is 20.0 Å². The van der Waals surface area contributed by atoms with E-state index in [4.69, 9.17) is 0 Å². The second-order valence-corrected chi connectivity index (χ2v) is 7.72. The van der Waals surface area contributed by atoms with Gasteiger partial charge < -0.3 is 4.90 Å². The van der Waals surface area contributed by atoms with Crippen LogP contribution in [0.2, 0.25) is 0 Å². The monoisotopic (exact) mass is 340 g/mol. The van der Waals surface area contributed by atoms with Crippen LogP contribution in [0, 0.1) is 0 Å². The molecule has 3 rings (SSSR count). The number of benzene rings is 1. The van der Waals surface area contributed by atoms with Crippen molar-refractivity contribution >= 4 is 5.91 Å². The van der Waals surface area contributed by atoms with Gasteiger partial charge in [0, 0.05) is 31.4 Å². The Kier molecular flexibility index (Phi) is 5.23. The highest BCUT2D eigenvalue weighted by atomic mass is 16.2. The summed E-state index contributed by atoms with van der Waals surface area (Å²) in [5, 5.41) is 7.89. The molecule has 0 spiro atoms. The van der Waals surface area contributed by atoms with E-state index in [2.05, 4.69) is 37.4 Å². The number of nitrogens with zero attached hydrogens (tertiary/aromatic N) is 3. The molecular formula is C20H28N4O. The van der Waals surface area contributed by atoms with Crippen molar-refractivity contribution in [2.24, 2.45) is 0 Å². The fourth-order valence-corrected chi connectivity index (χ4v) is 3.15. The fourth-order valence-electron chi connectivity index (χ4n) is 3.15. The van der Waals surface area contributed by atoms with Crippen LogP contribution in [-0.4, -0.2) is 33.7 Å². The van der Waals surface area contributed by atoms with Gasteiger partial charge in [0.15, 0.2) is 0 Å². The number of likely N-dealkylation sites (tertiary alicyclic amines) is 1. The van der Waals surface area contributed by atoms with E-state index in [1.165, 1.54) is 0 Å². The first-order valence-electron chi connectivity index (χ1n) is 9.06. The molecule has 1 aliphatic rings. The summed E-state index contributed by atoms with van der Waals surface area (Å²) >= 11 is 0. The Balaban J connectivity index is 1.73. The van der Waals surface area contributed by atoms with E-state index in [1.54, 1.807) is 0 Å². The maximum atomic E-state index is 13.0. The number of hydrogen-bond acceptors (Lipinski definition) is 3. The zero-order valence-electron chi connectivity index (χ0n) is 15.4. The predicted octanol–water partition coefficient (Wildman–Crippen LogP) is 3.09. The molecule has 0 saturated carbocycles. The number of carbonyl (C=O) groups excluding carboxylic acids is 1. The summed E-state index contributed by atoms with van der Waals surface area (Å²) in [5.41, 5.74) is 2.07. The summed E-state index contributed by atoms with van der Waals surface area (Å²) in [6.07, 6.45) is 6.13. The lowest BCUT2D eigenvalue weighted by molar-refractivity contribution is -0.132. The van der Waals surface area contributed by atoms with Crippen molar-refractivity contribution in [3.63, 3.8) is 0 Å². The predicted molar refractivity (Wildman–Crippen MR) is 99.1 cm³/mol. The van der Waals surface area contributed by atoms with Gasteiger partial charge in [-0.15, -0.1) is 0 Å². The van der Waals surface area contributed by atoms with E-state index in [-0.39, 0.29) is 17.5 Å². The SMILES string of the molecule is CC(C)(C)n1cc(CN[C@H](C(=O)N2CCCC2)c2ccccc2)cn1. The second kappa shape index (κ2) is 7.40. The average molecular weight is 340 g/mol. The Labute approximate surface area is 150 Å². The van der Waals surface area contributed by atoms with Crippen LogP contribution in [0.1, 0.15) is 50.8 Å². The molecular weight excluding hydrogens is 312 g/mol. The molecule has 25 heavy (non-hydrogen) atoms. The lowest BCUT2D eigenvalue weighted by atomic mass is 10.1. The minimum atomic E-state index is -0.308. The fraction of sp³-hybridized carbons (Fsp3) is 0.500. The smallest absolute Gasteiger partial charge is 0.244 e. The Morgan fingerprint density at radius 2 is 1.88 bits per heavy atom. The standard InChI is InChI=1S/C20H28N4O/c1-20(2,3)24-15-16(14-22-24)13-21-18(17-9-5-4-6-10-17)19(25)23-11-7-8-12-23/h4-6,9-10,14-15,18,21H,7-8,11-13H2,1-3H3/t18-/m0/s1. The largest absolute Gasteiger partial charge is 0.341 e. The summed E-state index contributed by atoms with van der Waals surface area (Å²) in [4.78, 5) is 14.9. The molecule has 2 aromatic rings. The molecule has 1 aliphatic heterocycles. The van der Waals surface area contributed by atoms with E-state index < -0.39 is 0 Å². The molecule has 2 heterocycles. The van der Waals surface area contributed by atoms with Crippen LogP contribution in [0.25, 0.3) is 0 Å². The highest BCUT2D eigenvalue weighted by molar-refractivity contribution is 5.83. The first kappa shape index (κ1) is 17.7. The molecule has 5 nitrogen and oxygen atoms in total. The molecule has 1 aromatic heterocycles. The molecule has 1 saturated heterocycles. The highest BCUT2D eigenvalue weighted by Gasteiger charge is 2.27. The second-order valence-electron chi connectivity index (χ2n) is 7.72. The van der Waals surface area contributed by atoms with Crippen molar-refractivity contribution in [1.29, 1.82) is 0 Å². The molecule has 5 heteroatoms. The number of carbonyl (C=O) groups is 1. The normalized spacial score (nSPS) is 16.2. The Morgan fingerprint density at radius 1 is 1.20 bits per heavy atom. The molecule has 0 bridgehead atoms. The number of nitrogens with one attached hydrogen (secondary N) is 1. The molecule has 1 amide bonds. The van der Waals surface area contributed by atoms with E-state index >= 15 is 0 Å². The molecule has 0 radical (unpaired) electrons. The van der Waals surface area contributed by atoms with E-state index in [9.17, 15) is 4.79 Å². The van der Waals surface area contributed by atoms with Crippen molar-refractivity contribution in [3.05, 3.63) is 53.9 Å². The Morgan fingerprint density at radius 3 is 2.48 bits per heavy atom. The minimum Gasteiger partial charge on any atom is -0.341 e. The maximum absolute atomic E-state index is 13.0. The quantitative estimate of drug-likeness (QED) is 0.910. The molecule has 1 atom stereocenters. The van der Waals surface area contributed by atoms with Crippen LogP contribution in [0.15, 0.2) is 42.7 Å². The lowest BCUT2D eigenvalue weighted by Crippen LogP contribution is -2.39.